The van der Waals surface area contributed by atoms with E-state index in [0.29, 0.717) is 11.5 Å². The molecule has 0 amide bonds. The third kappa shape index (κ3) is 2.19. The number of fused-ring (bicyclic) bond motifs is 1. The number of imidazole rings is 1. The van der Waals surface area contributed by atoms with Crippen molar-refractivity contribution < 1.29 is 14.3 Å². The molecule has 0 saturated heterocycles. The molecule has 2 aromatic carbocycles. The van der Waals surface area contributed by atoms with Gasteiger partial charge in [0.05, 0.1) is 5.56 Å². The summed E-state index contributed by atoms with van der Waals surface area (Å²) in [6.45, 7) is 0. The summed E-state index contributed by atoms with van der Waals surface area (Å²) < 4.78 is 7.43. The van der Waals surface area contributed by atoms with Crippen molar-refractivity contribution in [2.45, 2.75) is 0 Å². The Bertz CT molecular complexity index is 982. The number of carboxylic acids is 1. The Kier molecular flexibility index (Phi) is 2.98. The number of aromatic nitrogens is 2. The monoisotopic (exact) mass is 304 g/mol. The number of aromatic carboxylic acids is 1. The summed E-state index contributed by atoms with van der Waals surface area (Å²) in [6, 6.07) is 16.4. The van der Waals surface area contributed by atoms with Crippen molar-refractivity contribution in [3.8, 4) is 22.6 Å². The van der Waals surface area contributed by atoms with Crippen LogP contribution in [-0.2, 0) is 0 Å². The summed E-state index contributed by atoms with van der Waals surface area (Å²) in [5, 5.41) is 9.00. The summed E-state index contributed by atoms with van der Waals surface area (Å²) in [4.78, 5) is 15.7. The van der Waals surface area contributed by atoms with E-state index in [1.165, 1.54) is 0 Å². The van der Waals surface area contributed by atoms with Crippen molar-refractivity contribution in [1.29, 1.82) is 0 Å². The molecular formula is C18H12N2O3. The van der Waals surface area contributed by atoms with Gasteiger partial charge in [-0.3, -0.25) is 4.40 Å². The lowest BCUT2D eigenvalue weighted by Crippen LogP contribution is -1.95. The number of hydrogen-bond donors (Lipinski definition) is 1. The molecule has 0 unspecified atom stereocenters. The number of carboxylic acid groups (broad SMARTS) is 1. The summed E-state index contributed by atoms with van der Waals surface area (Å²) in [5.74, 6) is -0.234. The Morgan fingerprint density at radius 2 is 1.74 bits per heavy atom. The molecule has 23 heavy (non-hydrogen) atoms. The minimum atomic E-state index is -0.946. The number of nitrogens with zero attached hydrogens (tertiary/aromatic N) is 2. The van der Waals surface area contributed by atoms with Gasteiger partial charge in [0.25, 0.3) is 0 Å². The van der Waals surface area contributed by atoms with E-state index in [1.54, 1.807) is 36.7 Å². The number of benzene rings is 2. The van der Waals surface area contributed by atoms with Crippen LogP contribution in [-0.4, -0.2) is 20.5 Å². The number of hydrogen-bond acceptors (Lipinski definition) is 3. The second kappa shape index (κ2) is 5.14. The zero-order chi connectivity index (χ0) is 15.8. The highest BCUT2D eigenvalue weighted by Gasteiger charge is 2.16. The van der Waals surface area contributed by atoms with Gasteiger partial charge < -0.3 is 9.52 Å². The van der Waals surface area contributed by atoms with Crippen LogP contribution in [0.15, 0.2) is 71.5 Å². The normalized spacial score (nSPS) is 11.0. The van der Waals surface area contributed by atoms with E-state index < -0.39 is 5.97 Å². The molecule has 0 aliphatic carbocycles. The third-order valence-corrected chi connectivity index (χ3v) is 3.69. The quantitative estimate of drug-likeness (QED) is 0.622. The first-order valence-corrected chi connectivity index (χ1v) is 7.09. The van der Waals surface area contributed by atoms with Crippen LogP contribution in [0.1, 0.15) is 10.4 Å². The number of oxazole rings is 1. The van der Waals surface area contributed by atoms with Crippen LogP contribution in [0.5, 0.6) is 0 Å². The van der Waals surface area contributed by atoms with Crippen molar-refractivity contribution >= 4 is 11.7 Å². The van der Waals surface area contributed by atoms with Crippen LogP contribution in [0.2, 0.25) is 0 Å². The number of carbonyl (C=O) groups is 1. The average Bonchev–Trinajstić information content (AvgIpc) is 3.18. The Balaban J connectivity index is 1.88. The lowest BCUT2D eigenvalue weighted by atomic mass is 10.1. The minimum Gasteiger partial charge on any atom is -0.478 e. The standard InChI is InChI=1S/C18H12N2O3/c21-18(22)14-8-6-13(7-9-14)16-19-15(12-4-2-1-3-5-12)17-20(16)10-11-23-17/h1-11H,(H,21,22). The highest BCUT2D eigenvalue weighted by atomic mass is 16.4. The van der Waals surface area contributed by atoms with Crippen LogP contribution >= 0.6 is 0 Å². The average molecular weight is 304 g/mol. The van der Waals surface area contributed by atoms with Crippen molar-refractivity contribution in [3.63, 3.8) is 0 Å². The second-order valence-corrected chi connectivity index (χ2v) is 5.11. The maximum absolute atomic E-state index is 11.0. The number of rotatable bonds is 3. The summed E-state index contributed by atoms with van der Waals surface area (Å²) in [6.07, 6.45) is 3.41. The Morgan fingerprint density at radius 3 is 2.43 bits per heavy atom. The Morgan fingerprint density at radius 1 is 1.00 bits per heavy atom. The van der Waals surface area contributed by atoms with E-state index in [1.807, 2.05) is 34.7 Å². The van der Waals surface area contributed by atoms with Crippen molar-refractivity contribution in [2.75, 3.05) is 0 Å². The van der Waals surface area contributed by atoms with E-state index in [0.717, 1.165) is 16.8 Å². The molecule has 0 radical (unpaired) electrons. The molecule has 0 atom stereocenters. The molecule has 0 aliphatic heterocycles. The first kappa shape index (κ1) is 13.3. The molecular weight excluding hydrogens is 292 g/mol. The third-order valence-electron chi connectivity index (χ3n) is 3.69. The molecule has 4 aromatic rings. The predicted molar refractivity (Wildman–Crippen MR) is 85.3 cm³/mol. The van der Waals surface area contributed by atoms with E-state index in [9.17, 15) is 4.79 Å². The van der Waals surface area contributed by atoms with E-state index in [-0.39, 0.29) is 5.56 Å². The molecule has 2 aromatic heterocycles. The largest absolute Gasteiger partial charge is 0.478 e. The van der Waals surface area contributed by atoms with E-state index in [4.69, 9.17) is 9.52 Å². The molecule has 0 bridgehead atoms. The highest BCUT2D eigenvalue weighted by Crippen LogP contribution is 2.30. The van der Waals surface area contributed by atoms with Crippen LogP contribution in [0.4, 0.5) is 0 Å². The van der Waals surface area contributed by atoms with E-state index >= 15 is 0 Å². The molecule has 1 N–H and O–H groups in total. The molecule has 5 nitrogen and oxygen atoms in total. The van der Waals surface area contributed by atoms with Gasteiger partial charge in [-0.15, -0.1) is 0 Å². The van der Waals surface area contributed by atoms with Gasteiger partial charge in [-0.05, 0) is 12.1 Å². The van der Waals surface area contributed by atoms with Gasteiger partial charge in [0.1, 0.15) is 17.8 Å². The summed E-state index contributed by atoms with van der Waals surface area (Å²) in [5.41, 5.74) is 3.46. The SMILES string of the molecule is O=C(O)c1ccc(-c2nc(-c3ccccc3)c3occn23)cc1. The lowest BCUT2D eigenvalue weighted by Gasteiger charge is -1.99. The smallest absolute Gasteiger partial charge is 0.335 e. The molecule has 0 fully saturated rings. The fraction of sp³-hybridized carbons (Fsp3) is 0. The Labute approximate surface area is 131 Å². The molecule has 0 aliphatic rings. The minimum absolute atomic E-state index is 0.247. The second-order valence-electron chi connectivity index (χ2n) is 5.11. The van der Waals surface area contributed by atoms with Gasteiger partial charge in [-0.2, -0.15) is 0 Å². The van der Waals surface area contributed by atoms with Gasteiger partial charge >= 0.3 is 5.97 Å². The molecule has 0 saturated carbocycles. The van der Waals surface area contributed by atoms with Crippen molar-refractivity contribution in [2.24, 2.45) is 0 Å². The molecule has 4 rings (SSSR count). The first-order valence-electron chi connectivity index (χ1n) is 7.09. The van der Waals surface area contributed by atoms with Gasteiger partial charge in [0.2, 0.25) is 5.71 Å². The fourth-order valence-corrected chi connectivity index (χ4v) is 2.57. The molecule has 0 spiro atoms. The molecule has 5 heteroatoms. The van der Waals surface area contributed by atoms with Crippen molar-refractivity contribution in [1.82, 2.24) is 9.38 Å². The highest BCUT2D eigenvalue weighted by molar-refractivity contribution is 5.88. The summed E-state index contributed by atoms with van der Waals surface area (Å²) in [7, 11) is 0. The maximum atomic E-state index is 11.0. The van der Waals surface area contributed by atoms with Crippen LogP contribution in [0, 0.1) is 0 Å². The van der Waals surface area contributed by atoms with Crippen LogP contribution < -0.4 is 0 Å². The fourth-order valence-electron chi connectivity index (χ4n) is 2.57. The zero-order valence-corrected chi connectivity index (χ0v) is 12.0. The van der Waals surface area contributed by atoms with Gasteiger partial charge in [-0.1, -0.05) is 42.5 Å². The van der Waals surface area contributed by atoms with E-state index in [2.05, 4.69) is 4.98 Å². The van der Waals surface area contributed by atoms with Gasteiger partial charge in [0.15, 0.2) is 0 Å². The Hall–Kier alpha value is -3.34. The molecule has 112 valence electrons. The molecule has 2 heterocycles. The lowest BCUT2D eigenvalue weighted by molar-refractivity contribution is 0.0697. The van der Waals surface area contributed by atoms with Gasteiger partial charge in [-0.25, -0.2) is 9.78 Å². The van der Waals surface area contributed by atoms with Gasteiger partial charge in [0, 0.05) is 17.3 Å². The van der Waals surface area contributed by atoms with Crippen molar-refractivity contribution in [3.05, 3.63) is 72.6 Å². The van der Waals surface area contributed by atoms with Crippen LogP contribution in [0.3, 0.4) is 0 Å². The van der Waals surface area contributed by atoms with Crippen LogP contribution in [0.25, 0.3) is 28.4 Å². The summed E-state index contributed by atoms with van der Waals surface area (Å²) >= 11 is 0. The maximum Gasteiger partial charge on any atom is 0.335 e. The topological polar surface area (TPSA) is 67.7 Å². The zero-order valence-electron chi connectivity index (χ0n) is 12.0. The first-order chi connectivity index (χ1) is 11.2. The predicted octanol–water partition coefficient (Wildman–Crippen LogP) is 3.96.